The van der Waals surface area contributed by atoms with Gasteiger partial charge in [-0.1, -0.05) is 11.8 Å². The molecule has 96 valence electrons. The molecule has 0 fully saturated rings. The third-order valence-electron chi connectivity index (χ3n) is 2.30. The molecule has 0 aliphatic rings. The number of hydrogen-bond donors (Lipinski definition) is 3. The fourth-order valence-electron chi connectivity index (χ4n) is 1.40. The molecule has 0 aliphatic carbocycles. The Morgan fingerprint density at radius 1 is 1.42 bits per heavy atom. The molecule has 0 atom stereocenters. The summed E-state index contributed by atoms with van der Waals surface area (Å²) in [6, 6.07) is 3.36. The molecule has 0 bridgehead atoms. The number of nitrogens with two attached hydrogens (primary N) is 1. The van der Waals surface area contributed by atoms with Gasteiger partial charge in [0.05, 0.1) is 13.1 Å². The first-order valence-electron chi connectivity index (χ1n) is 5.71. The van der Waals surface area contributed by atoms with Gasteiger partial charge >= 0.3 is 0 Å². The Bertz CT molecular complexity index is 592. The van der Waals surface area contributed by atoms with Crippen molar-refractivity contribution in [1.29, 1.82) is 0 Å². The van der Waals surface area contributed by atoms with Crippen LogP contribution in [0.3, 0.4) is 0 Å². The number of carbonyl (C=O) groups excluding carboxylic acids is 1. The SMILES string of the molecule is NCC#Cc1ccc(C(=O)NCc2ncc[nH]2)nc1. The number of H-pyrrole nitrogens is 1. The van der Waals surface area contributed by atoms with E-state index in [1.165, 1.54) is 0 Å². The summed E-state index contributed by atoms with van der Waals surface area (Å²) < 4.78 is 0. The molecule has 0 radical (unpaired) electrons. The quantitative estimate of drug-likeness (QED) is 0.675. The van der Waals surface area contributed by atoms with Crippen LogP contribution in [0.1, 0.15) is 21.9 Å². The lowest BCUT2D eigenvalue weighted by Crippen LogP contribution is -2.24. The summed E-state index contributed by atoms with van der Waals surface area (Å²) in [5.74, 6) is 6.00. The molecule has 0 saturated carbocycles. The van der Waals surface area contributed by atoms with E-state index in [1.807, 2.05) is 0 Å². The minimum Gasteiger partial charge on any atom is -0.347 e. The van der Waals surface area contributed by atoms with Crippen LogP contribution in [0.15, 0.2) is 30.7 Å². The minimum absolute atomic E-state index is 0.255. The summed E-state index contributed by atoms with van der Waals surface area (Å²) in [4.78, 5) is 22.7. The number of aromatic amines is 1. The molecule has 0 saturated heterocycles. The third-order valence-corrected chi connectivity index (χ3v) is 2.30. The fourth-order valence-corrected chi connectivity index (χ4v) is 1.40. The number of carbonyl (C=O) groups is 1. The van der Waals surface area contributed by atoms with Crippen LogP contribution in [0.25, 0.3) is 0 Å². The van der Waals surface area contributed by atoms with Crippen molar-refractivity contribution >= 4 is 5.91 Å². The van der Waals surface area contributed by atoms with Crippen LogP contribution in [0.5, 0.6) is 0 Å². The highest BCUT2D eigenvalue weighted by molar-refractivity contribution is 5.92. The lowest BCUT2D eigenvalue weighted by Gasteiger charge is -2.02. The molecule has 0 aliphatic heterocycles. The maximum absolute atomic E-state index is 11.8. The number of nitrogens with one attached hydrogen (secondary N) is 2. The van der Waals surface area contributed by atoms with Crippen LogP contribution in [0.4, 0.5) is 0 Å². The van der Waals surface area contributed by atoms with E-state index in [1.54, 1.807) is 30.7 Å². The Balaban J connectivity index is 1.95. The monoisotopic (exact) mass is 255 g/mol. The zero-order chi connectivity index (χ0) is 13.5. The second-order valence-electron chi connectivity index (χ2n) is 3.66. The van der Waals surface area contributed by atoms with Gasteiger partial charge in [0.15, 0.2) is 0 Å². The predicted octanol–water partition coefficient (Wildman–Crippen LogP) is 0.0449. The van der Waals surface area contributed by atoms with Gasteiger partial charge in [-0.3, -0.25) is 4.79 Å². The predicted molar refractivity (Wildman–Crippen MR) is 69.9 cm³/mol. The van der Waals surface area contributed by atoms with Gasteiger partial charge in [-0.05, 0) is 12.1 Å². The summed E-state index contributed by atoms with van der Waals surface area (Å²) in [5.41, 5.74) is 6.34. The van der Waals surface area contributed by atoms with Crippen LogP contribution >= 0.6 is 0 Å². The van der Waals surface area contributed by atoms with Gasteiger partial charge in [0.25, 0.3) is 5.91 Å². The highest BCUT2D eigenvalue weighted by Gasteiger charge is 2.06. The molecule has 4 N–H and O–H groups in total. The Kier molecular flexibility index (Phi) is 4.26. The van der Waals surface area contributed by atoms with Gasteiger partial charge in [0.1, 0.15) is 11.5 Å². The highest BCUT2D eigenvalue weighted by atomic mass is 16.1. The smallest absolute Gasteiger partial charge is 0.270 e. The lowest BCUT2D eigenvalue weighted by molar-refractivity contribution is 0.0945. The number of nitrogens with zero attached hydrogens (tertiary/aromatic N) is 2. The highest BCUT2D eigenvalue weighted by Crippen LogP contribution is 1.99. The van der Waals surface area contributed by atoms with E-state index in [4.69, 9.17) is 5.73 Å². The molecule has 1 amide bonds. The van der Waals surface area contributed by atoms with E-state index in [0.717, 1.165) is 5.56 Å². The number of rotatable bonds is 3. The Morgan fingerprint density at radius 2 is 2.32 bits per heavy atom. The van der Waals surface area contributed by atoms with Crippen molar-refractivity contribution in [1.82, 2.24) is 20.3 Å². The van der Waals surface area contributed by atoms with Crippen molar-refractivity contribution in [2.45, 2.75) is 6.54 Å². The minimum atomic E-state index is -0.255. The molecule has 0 spiro atoms. The third kappa shape index (κ3) is 3.66. The van der Waals surface area contributed by atoms with E-state index < -0.39 is 0 Å². The zero-order valence-corrected chi connectivity index (χ0v) is 10.2. The summed E-state index contributed by atoms with van der Waals surface area (Å²) in [6.45, 7) is 0.633. The molecule has 2 aromatic rings. The lowest BCUT2D eigenvalue weighted by atomic mass is 10.2. The van der Waals surface area contributed by atoms with Crippen molar-refractivity contribution in [3.05, 3.63) is 47.8 Å². The number of amides is 1. The van der Waals surface area contributed by atoms with Gasteiger partial charge in [-0.25, -0.2) is 9.97 Å². The summed E-state index contributed by atoms with van der Waals surface area (Å²) in [6.07, 6.45) is 4.87. The van der Waals surface area contributed by atoms with Crippen LogP contribution in [-0.2, 0) is 6.54 Å². The zero-order valence-electron chi connectivity index (χ0n) is 10.2. The van der Waals surface area contributed by atoms with Crippen LogP contribution in [-0.4, -0.2) is 27.4 Å². The van der Waals surface area contributed by atoms with E-state index in [-0.39, 0.29) is 5.91 Å². The van der Waals surface area contributed by atoms with Crippen molar-refractivity contribution < 1.29 is 4.79 Å². The second kappa shape index (κ2) is 6.33. The molecule has 19 heavy (non-hydrogen) atoms. The maximum atomic E-state index is 11.8. The van der Waals surface area contributed by atoms with Gasteiger partial charge in [-0.15, -0.1) is 0 Å². The first-order chi connectivity index (χ1) is 9.29. The summed E-state index contributed by atoms with van der Waals surface area (Å²) in [7, 11) is 0. The molecule has 2 rings (SSSR count). The van der Waals surface area contributed by atoms with Crippen molar-refractivity contribution in [2.24, 2.45) is 5.73 Å². The fraction of sp³-hybridized carbons (Fsp3) is 0.154. The normalized spacial score (nSPS) is 9.53. The number of imidazole rings is 1. The van der Waals surface area contributed by atoms with Crippen molar-refractivity contribution in [3.63, 3.8) is 0 Å². The first-order valence-corrected chi connectivity index (χ1v) is 5.71. The average molecular weight is 255 g/mol. The number of hydrogen-bond acceptors (Lipinski definition) is 4. The van der Waals surface area contributed by atoms with E-state index >= 15 is 0 Å². The van der Waals surface area contributed by atoms with Crippen molar-refractivity contribution in [2.75, 3.05) is 6.54 Å². The standard InChI is InChI=1S/C13H13N5O/c14-5-1-2-10-3-4-11(17-8-10)13(19)18-9-12-15-6-7-16-12/h3-4,6-8H,5,9,14H2,(H,15,16)(H,18,19). The molecule has 2 aromatic heterocycles. The average Bonchev–Trinajstić information content (AvgIpc) is 2.96. The molecule has 0 unspecified atom stereocenters. The summed E-state index contributed by atoms with van der Waals surface area (Å²) >= 11 is 0. The Labute approximate surface area is 110 Å². The first kappa shape index (κ1) is 12.8. The molecular weight excluding hydrogens is 242 g/mol. The molecule has 2 heterocycles. The molecule has 0 aromatic carbocycles. The summed E-state index contributed by atoms with van der Waals surface area (Å²) in [5, 5.41) is 2.71. The molecule has 6 heteroatoms. The van der Waals surface area contributed by atoms with Crippen LogP contribution in [0.2, 0.25) is 0 Å². The van der Waals surface area contributed by atoms with Gasteiger partial charge in [0, 0.05) is 24.2 Å². The largest absolute Gasteiger partial charge is 0.347 e. The number of aromatic nitrogens is 3. The van der Waals surface area contributed by atoms with Gasteiger partial charge < -0.3 is 16.0 Å². The van der Waals surface area contributed by atoms with E-state index in [0.29, 0.717) is 24.6 Å². The van der Waals surface area contributed by atoms with Gasteiger partial charge in [-0.2, -0.15) is 0 Å². The van der Waals surface area contributed by atoms with Gasteiger partial charge in [0.2, 0.25) is 0 Å². The topological polar surface area (TPSA) is 96.7 Å². The maximum Gasteiger partial charge on any atom is 0.270 e. The Morgan fingerprint density at radius 3 is 2.95 bits per heavy atom. The Hall–Kier alpha value is -2.65. The van der Waals surface area contributed by atoms with E-state index in [2.05, 4.69) is 32.1 Å². The second-order valence-corrected chi connectivity index (χ2v) is 3.66. The molecular formula is C13H13N5O. The molecule has 6 nitrogen and oxygen atoms in total. The van der Waals surface area contributed by atoms with E-state index in [9.17, 15) is 4.79 Å². The van der Waals surface area contributed by atoms with Crippen LogP contribution < -0.4 is 11.1 Å². The van der Waals surface area contributed by atoms with Crippen LogP contribution in [0, 0.1) is 11.8 Å². The van der Waals surface area contributed by atoms with Crippen molar-refractivity contribution in [3.8, 4) is 11.8 Å². The number of pyridine rings is 1.